The SMILES string of the molecule is CC/C=C\C/C=C\C/C=C\CCCCCCCCCCOCC(COC1OC(COC2OC(CO)C(O)C(O)C2O)C(O)C(O)C1O)OC(=O)CCCCCCCCCCCCCCCCCCCCCCCCCC. The fourth-order valence-corrected chi connectivity index (χ4v) is 9.95. The van der Waals surface area contributed by atoms with Gasteiger partial charge in [-0.25, -0.2) is 0 Å². The smallest absolute Gasteiger partial charge is 0.306 e. The van der Waals surface area contributed by atoms with Gasteiger partial charge in [0.25, 0.3) is 0 Å². The van der Waals surface area contributed by atoms with Gasteiger partial charge < -0.3 is 64.2 Å². The van der Waals surface area contributed by atoms with Crippen LogP contribution in [0.3, 0.4) is 0 Å². The first-order valence-electron chi connectivity index (χ1n) is 31.1. The average Bonchev–Trinajstić information content (AvgIpc) is 3.42. The van der Waals surface area contributed by atoms with Gasteiger partial charge in [-0.05, 0) is 44.9 Å². The van der Waals surface area contributed by atoms with E-state index in [1.165, 1.54) is 161 Å². The highest BCUT2D eigenvalue weighted by molar-refractivity contribution is 5.69. The van der Waals surface area contributed by atoms with Crippen molar-refractivity contribution < 1.29 is 69.0 Å². The number of rotatable bonds is 51. The Hall–Kier alpha value is -1.79. The van der Waals surface area contributed by atoms with Crippen LogP contribution in [0.4, 0.5) is 0 Å². The molecule has 0 amide bonds. The van der Waals surface area contributed by atoms with E-state index in [1.807, 2.05) is 0 Å². The molecule has 0 bridgehead atoms. The molecule has 0 aromatic rings. The Bertz CT molecular complexity index is 1400. The lowest BCUT2D eigenvalue weighted by Crippen LogP contribution is -2.61. The van der Waals surface area contributed by atoms with E-state index < -0.39 is 80.7 Å². The highest BCUT2D eigenvalue weighted by Crippen LogP contribution is 2.27. The van der Waals surface area contributed by atoms with Gasteiger partial charge in [-0.2, -0.15) is 0 Å². The number of ether oxygens (including phenoxy) is 6. The number of hydrogen-bond donors (Lipinski definition) is 7. The maximum Gasteiger partial charge on any atom is 0.306 e. The van der Waals surface area contributed by atoms with E-state index in [0.29, 0.717) is 13.0 Å². The highest BCUT2D eigenvalue weighted by atomic mass is 16.7. The van der Waals surface area contributed by atoms with Gasteiger partial charge >= 0.3 is 5.97 Å². The molecule has 76 heavy (non-hydrogen) atoms. The average molecular weight is 1080 g/mol. The maximum atomic E-state index is 13.1. The number of aliphatic hydroxyl groups excluding tert-OH is 7. The lowest BCUT2D eigenvalue weighted by Gasteiger charge is -2.42. The standard InChI is InChI=1S/C62H114O14/c1-3-5-7-9-11-13-15-17-19-21-23-24-25-26-27-28-29-31-33-35-37-39-41-43-45-54(64)74-51(48-71-46-44-42-40-38-36-34-32-30-22-20-18-16-14-12-10-8-6-4-2)49-72-61-60(70)58(68)56(66)53(76-61)50-73-62-59(69)57(67)55(65)52(47-63)75-62/h6,8,12,14,18,20,51-53,55-63,65-70H,3-5,7,9-11,13,15-17,19,21-50H2,1-2H3/b8-6-,14-12-,20-18-. The van der Waals surface area contributed by atoms with Crippen LogP contribution in [0.1, 0.15) is 251 Å². The summed E-state index contributed by atoms with van der Waals surface area (Å²) < 4.78 is 34.4. The van der Waals surface area contributed by atoms with Crippen LogP contribution in [0.25, 0.3) is 0 Å². The zero-order valence-electron chi connectivity index (χ0n) is 48.0. The molecule has 2 rings (SSSR count). The summed E-state index contributed by atoms with van der Waals surface area (Å²) in [5.74, 6) is -0.374. The van der Waals surface area contributed by atoms with Gasteiger partial charge in [0.15, 0.2) is 12.6 Å². The first-order chi connectivity index (χ1) is 37.1. The van der Waals surface area contributed by atoms with Gasteiger partial charge in [0.1, 0.15) is 54.9 Å². The topological polar surface area (TPSA) is 214 Å². The molecule has 0 radical (unpaired) electrons. The molecule has 2 fully saturated rings. The first kappa shape index (κ1) is 70.3. The van der Waals surface area contributed by atoms with Gasteiger partial charge in [0, 0.05) is 13.0 Å². The molecule has 0 aliphatic carbocycles. The Labute approximate surface area is 461 Å². The normalized spacial score (nSPS) is 24.6. The quantitative estimate of drug-likeness (QED) is 0.0172. The number of unbranched alkanes of at least 4 members (excludes halogenated alkanes) is 31. The van der Waals surface area contributed by atoms with Crippen LogP contribution in [0.2, 0.25) is 0 Å². The largest absolute Gasteiger partial charge is 0.457 e. The van der Waals surface area contributed by atoms with Crippen molar-refractivity contribution in [3.05, 3.63) is 36.5 Å². The third-order valence-corrected chi connectivity index (χ3v) is 14.9. The van der Waals surface area contributed by atoms with Crippen LogP contribution in [0, 0.1) is 0 Å². The molecule has 7 N–H and O–H groups in total. The lowest BCUT2D eigenvalue weighted by molar-refractivity contribution is -0.332. The molecule has 2 aliphatic rings. The van der Waals surface area contributed by atoms with Crippen LogP contribution < -0.4 is 0 Å². The molecule has 2 aliphatic heterocycles. The Morgan fingerprint density at radius 2 is 0.855 bits per heavy atom. The van der Waals surface area contributed by atoms with Crippen LogP contribution in [-0.2, 0) is 33.2 Å². The van der Waals surface area contributed by atoms with Gasteiger partial charge in [-0.1, -0.05) is 237 Å². The zero-order valence-corrected chi connectivity index (χ0v) is 48.0. The number of carbonyl (C=O) groups excluding carboxylic acids is 1. The molecule has 2 saturated heterocycles. The highest BCUT2D eigenvalue weighted by Gasteiger charge is 2.47. The molecular weight excluding hydrogens is 969 g/mol. The fourth-order valence-electron chi connectivity index (χ4n) is 9.95. The predicted molar refractivity (Wildman–Crippen MR) is 303 cm³/mol. The number of allylic oxidation sites excluding steroid dienone is 6. The number of hydrogen-bond acceptors (Lipinski definition) is 14. The molecule has 2 heterocycles. The van der Waals surface area contributed by atoms with Gasteiger partial charge in [0.2, 0.25) is 0 Å². The zero-order chi connectivity index (χ0) is 55.1. The predicted octanol–water partition coefficient (Wildman–Crippen LogP) is 11.7. The van der Waals surface area contributed by atoms with Crippen LogP contribution in [0.15, 0.2) is 36.5 Å². The number of esters is 1. The third-order valence-electron chi connectivity index (χ3n) is 14.9. The Kier molecular flexibility index (Phi) is 45.4. The summed E-state index contributed by atoms with van der Waals surface area (Å²) >= 11 is 0. The second kappa shape index (κ2) is 49.1. The van der Waals surface area contributed by atoms with E-state index in [2.05, 4.69) is 50.3 Å². The summed E-state index contributed by atoms with van der Waals surface area (Å²) in [5, 5.41) is 72.4. The molecule has 0 saturated carbocycles. The summed E-state index contributed by atoms with van der Waals surface area (Å²) in [6, 6.07) is 0. The molecule has 0 spiro atoms. The van der Waals surface area contributed by atoms with Crippen molar-refractivity contribution in [3.8, 4) is 0 Å². The van der Waals surface area contributed by atoms with Gasteiger partial charge in [-0.15, -0.1) is 0 Å². The van der Waals surface area contributed by atoms with E-state index in [-0.39, 0.29) is 25.6 Å². The van der Waals surface area contributed by atoms with E-state index in [4.69, 9.17) is 28.4 Å². The van der Waals surface area contributed by atoms with Crippen LogP contribution >= 0.6 is 0 Å². The molecule has 0 aromatic heterocycles. The third kappa shape index (κ3) is 35.1. The molecule has 14 nitrogen and oxygen atoms in total. The van der Waals surface area contributed by atoms with Crippen molar-refractivity contribution in [2.75, 3.05) is 33.0 Å². The fraction of sp³-hybridized carbons (Fsp3) is 0.887. The summed E-state index contributed by atoms with van der Waals surface area (Å²) in [4.78, 5) is 13.1. The van der Waals surface area contributed by atoms with Crippen LogP contribution in [0.5, 0.6) is 0 Å². The van der Waals surface area contributed by atoms with Crippen molar-refractivity contribution in [2.24, 2.45) is 0 Å². The minimum absolute atomic E-state index is 0.0594. The second-order valence-electron chi connectivity index (χ2n) is 21.9. The number of aliphatic hydroxyl groups is 7. The van der Waals surface area contributed by atoms with E-state index in [0.717, 1.165) is 64.2 Å². The Balaban J connectivity index is 1.67. The second-order valence-corrected chi connectivity index (χ2v) is 21.9. The molecular formula is C62H114O14. The van der Waals surface area contributed by atoms with Crippen molar-refractivity contribution in [3.63, 3.8) is 0 Å². The molecule has 0 aromatic carbocycles. The van der Waals surface area contributed by atoms with Crippen molar-refractivity contribution in [2.45, 2.75) is 319 Å². The number of carbonyl (C=O) groups is 1. The summed E-state index contributed by atoms with van der Waals surface area (Å²) in [6.45, 7) is 3.61. The van der Waals surface area contributed by atoms with Crippen molar-refractivity contribution >= 4 is 5.97 Å². The lowest BCUT2D eigenvalue weighted by atomic mass is 9.98. The molecule has 11 atom stereocenters. The van der Waals surface area contributed by atoms with Crippen molar-refractivity contribution in [1.29, 1.82) is 0 Å². The van der Waals surface area contributed by atoms with E-state index in [1.54, 1.807) is 0 Å². The Morgan fingerprint density at radius 1 is 0.447 bits per heavy atom. The first-order valence-corrected chi connectivity index (χ1v) is 31.1. The van der Waals surface area contributed by atoms with Gasteiger partial charge in [0.05, 0.1) is 26.4 Å². The molecule has 11 unspecified atom stereocenters. The summed E-state index contributed by atoms with van der Waals surface area (Å²) in [6.07, 6.45) is 42.1. The van der Waals surface area contributed by atoms with E-state index >= 15 is 0 Å². The van der Waals surface area contributed by atoms with E-state index in [9.17, 15) is 40.5 Å². The molecule has 446 valence electrons. The summed E-state index contributed by atoms with van der Waals surface area (Å²) in [5.41, 5.74) is 0. The minimum atomic E-state index is -1.71. The molecule has 14 heteroatoms. The monoisotopic (exact) mass is 1080 g/mol. The van der Waals surface area contributed by atoms with Gasteiger partial charge in [-0.3, -0.25) is 4.79 Å². The van der Waals surface area contributed by atoms with Crippen molar-refractivity contribution in [1.82, 2.24) is 0 Å². The minimum Gasteiger partial charge on any atom is -0.457 e. The van der Waals surface area contributed by atoms with Crippen LogP contribution in [-0.4, -0.2) is 142 Å². The summed E-state index contributed by atoms with van der Waals surface area (Å²) in [7, 11) is 0. The maximum absolute atomic E-state index is 13.1. The Morgan fingerprint density at radius 3 is 1.34 bits per heavy atom.